The number of benzene rings is 5. The summed E-state index contributed by atoms with van der Waals surface area (Å²) in [7, 11) is 1.61. The van der Waals surface area contributed by atoms with Crippen LogP contribution in [0, 0.1) is 6.92 Å². The molecule has 4 atom stereocenters. The number of ketones is 1. The zero-order valence-corrected chi connectivity index (χ0v) is 43.3. The van der Waals surface area contributed by atoms with Crippen LogP contribution in [-0.4, -0.2) is 86.2 Å². The van der Waals surface area contributed by atoms with Gasteiger partial charge in [-0.2, -0.15) is 8.42 Å². The maximum Gasteiger partial charge on any atom is 0.277 e. The molecule has 72 heavy (non-hydrogen) atoms. The Morgan fingerprint density at radius 2 is 1.40 bits per heavy atom. The molecule has 0 fully saturated rings. The minimum atomic E-state index is -3.97. The number of rotatable bonds is 20. The van der Waals surface area contributed by atoms with Crippen LogP contribution in [0.1, 0.15) is 98.7 Å². The maximum absolute atomic E-state index is 14.1. The summed E-state index contributed by atoms with van der Waals surface area (Å²) in [6.07, 6.45) is 3.44. The summed E-state index contributed by atoms with van der Waals surface area (Å²) in [5.74, 6) is 1.77. The second-order valence-corrected chi connectivity index (χ2v) is 23.2. The van der Waals surface area contributed by atoms with Crippen molar-refractivity contribution in [3.05, 3.63) is 141 Å². The van der Waals surface area contributed by atoms with Gasteiger partial charge in [-0.05, 0) is 139 Å². The van der Waals surface area contributed by atoms with Gasteiger partial charge in [-0.1, -0.05) is 64.9 Å². The number of ether oxygens (including phenoxy) is 3. The second-order valence-electron chi connectivity index (χ2n) is 18.7. The lowest BCUT2D eigenvalue weighted by molar-refractivity contribution is -0.118. The van der Waals surface area contributed by atoms with Crippen LogP contribution in [0.15, 0.2) is 91.0 Å². The summed E-state index contributed by atoms with van der Waals surface area (Å²) >= 11 is 0. The van der Waals surface area contributed by atoms with Crippen molar-refractivity contribution in [2.45, 2.75) is 108 Å². The zero-order valence-electron chi connectivity index (χ0n) is 40.8. The quantitative estimate of drug-likeness (QED) is 0.0429. The van der Waals surface area contributed by atoms with E-state index in [0.29, 0.717) is 76.8 Å². The fraction of sp³-hybridized carbons (Fsp3) is 0.382. The van der Waals surface area contributed by atoms with Crippen molar-refractivity contribution >= 4 is 72.3 Å². The number of aliphatic hydroxyl groups is 1. The predicted octanol–water partition coefficient (Wildman–Crippen LogP) is 8.98. The normalized spacial score (nSPS) is 18.2. The number of amides is 3. The summed E-state index contributed by atoms with van der Waals surface area (Å²) in [5.41, 5.74) is 9.52. The van der Waals surface area contributed by atoms with Crippen molar-refractivity contribution in [2.75, 3.05) is 40.8 Å². The third kappa shape index (κ3) is 10.8. The van der Waals surface area contributed by atoms with E-state index in [-0.39, 0.29) is 68.1 Å². The topological polar surface area (TPSA) is 178 Å². The molecule has 5 aromatic rings. The van der Waals surface area contributed by atoms with Crippen molar-refractivity contribution in [1.29, 1.82) is 0 Å². The van der Waals surface area contributed by atoms with Crippen LogP contribution in [-0.2, 0) is 62.8 Å². The SMILES string of the molecule is CCC(=O)C(CCSSCCCC(=O)Nc1cc(COc2cc3c(cc2C)C(=O)N2c4ccccc4C[C@H]2C(O)C3)cc(COc2cc3c(cc2OC)C(=O)N2c4ccccc4C[C@H]2CC3)c1)S(=O)(=O)OC. The van der Waals surface area contributed by atoms with Crippen molar-refractivity contribution in [1.82, 2.24) is 0 Å². The van der Waals surface area contributed by atoms with Gasteiger partial charge in [-0.15, -0.1) is 0 Å². The van der Waals surface area contributed by atoms with Crippen LogP contribution in [0.3, 0.4) is 0 Å². The van der Waals surface area contributed by atoms with Crippen LogP contribution in [0.2, 0.25) is 0 Å². The lowest BCUT2D eigenvalue weighted by atomic mass is 9.96. The van der Waals surface area contributed by atoms with Gasteiger partial charge >= 0.3 is 0 Å². The number of anilines is 3. The number of nitrogens with one attached hydrogen (secondary N) is 1. The number of hydrogen-bond donors (Lipinski definition) is 2. The molecular formula is C55H59N3O11S3. The number of fused-ring (bicyclic) bond motifs is 8. The molecule has 0 saturated carbocycles. The van der Waals surface area contributed by atoms with Gasteiger partial charge in [-0.3, -0.25) is 23.4 Å². The van der Waals surface area contributed by atoms with E-state index in [1.165, 1.54) is 27.2 Å². The Morgan fingerprint density at radius 3 is 2.11 bits per heavy atom. The van der Waals surface area contributed by atoms with E-state index in [0.717, 1.165) is 59.1 Å². The molecular weight excluding hydrogens is 975 g/mol. The molecule has 3 amide bonds. The highest BCUT2D eigenvalue weighted by Crippen LogP contribution is 2.42. The van der Waals surface area contributed by atoms with Crippen LogP contribution in [0.5, 0.6) is 17.2 Å². The van der Waals surface area contributed by atoms with E-state index in [2.05, 4.69) is 15.6 Å². The zero-order chi connectivity index (χ0) is 50.7. The molecule has 4 aliphatic rings. The van der Waals surface area contributed by atoms with Gasteiger partial charge < -0.3 is 34.4 Å². The Hall–Kier alpha value is -5.85. The first-order chi connectivity index (χ1) is 34.8. The number of hydrogen-bond acceptors (Lipinski definition) is 13. The highest BCUT2D eigenvalue weighted by atomic mass is 33.1. The van der Waals surface area contributed by atoms with Gasteiger partial charge in [0, 0.05) is 65.0 Å². The number of methoxy groups -OCH3 is 1. The Kier molecular flexibility index (Phi) is 15.7. The first kappa shape index (κ1) is 51.1. The number of carbonyl (C=O) groups is 4. The summed E-state index contributed by atoms with van der Waals surface area (Å²) in [6, 6.07) is 28.6. The number of aliphatic hydroxyl groups excluding tert-OH is 1. The smallest absolute Gasteiger partial charge is 0.277 e. The van der Waals surface area contributed by atoms with E-state index >= 15 is 0 Å². The van der Waals surface area contributed by atoms with Crippen LogP contribution in [0.25, 0.3) is 0 Å². The Morgan fingerprint density at radius 1 is 0.764 bits per heavy atom. The van der Waals surface area contributed by atoms with E-state index in [9.17, 15) is 32.7 Å². The first-order valence-electron chi connectivity index (χ1n) is 24.4. The molecule has 5 aromatic carbocycles. The number of carbonyl (C=O) groups excluding carboxylic acids is 4. The molecule has 0 spiro atoms. The van der Waals surface area contributed by atoms with Gasteiger partial charge in [-0.25, -0.2) is 0 Å². The lowest BCUT2D eigenvalue weighted by Gasteiger charge is -2.26. The van der Waals surface area contributed by atoms with Crippen molar-refractivity contribution in [2.24, 2.45) is 0 Å². The molecule has 0 aliphatic carbocycles. The summed E-state index contributed by atoms with van der Waals surface area (Å²) in [4.78, 5) is 57.6. The molecule has 9 rings (SSSR count). The summed E-state index contributed by atoms with van der Waals surface area (Å²) in [6.45, 7) is 3.74. The van der Waals surface area contributed by atoms with Crippen LogP contribution >= 0.6 is 21.6 Å². The molecule has 14 nitrogen and oxygen atoms in total. The molecule has 4 aliphatic heterocycles. The number of aryl methyl sites for hydroxylation is 2. The Labute approximate surface area is 428 Å². The van der Waals surface area contributed by atoms with E-state index in [1.54, 1.807) is 25.0 Å². The van der Waals surface area contributed by atoms with Gasteiger partial charge in [0.2, 0.25) is 5.91 Å². The monoisotopic (exact) mass is 1030 g/mol. The lowest BCUT2D eigenvalue weighted by Crippen LogP contribution is -2.43. The average Bonchev–Trinajstić information content (AvgIpc) is 3.90. The Balaban J connectivity index is 0.901. The first-order valence-corrected chi connectivity index (χ1v) is 28.3. The third-order valence-corrected chi connectivity index (χ3v) is 18.2. The molecule has 0 saturated heterocycles. The van der Waals surface area contributed by atoms with Crippen LogP contribution < -0.4 is 29.3 Å². The van der Waals surface area contributed by atoms with Crippen molar-refractivity contribution < 1.29 is 51.1 Å². The maximum atomic E-state index is 14.1. The van der Waals surface area contributed by atoms with Crippen molar-refractivity contribution in [3.8, 4) is 17.2 Å². The van der Waals surface area contributed by atoms with Gasteiger partial charge in [0.05, 0.1) is 26.4 Å². The molecule has 17 heteroatoms. The minimum Gasteiger partial charge on any atom is -0.493 e. The summed E-state index contributed by atoms with van der Waals surface area (Å²) in [5, 5.41) is 13.3. The highest BCUT2D eigenvalue weighted by Gasteiger charge is 2.42. The van der Waals surface area contributed by atoms with Gasteiger partial charge in [0.1, 0.15) is 24.2 Å². The highest BCUT2D eigenvalue weighted by molar-refractivity contribution is 8.76. The molecule has 0 aromatic heterocycles. The van der Waals surface area contributed by atoms with Gasteiger partial charge in [0.25, 0.3) is 21.9 Å². The van der Waals surface area contributed by atoms with Crippen LogP contribution in [0.4, 0.5) is 17.1 Å². The third-order valence-electron chi connectivity index (χ3n) is 14.0. The molecule has 2 unspecified atom stereocenters. The van der Waals surface area contributed by atoms with E-state index < -0.39 is 21.5 Å². The Bertz CT molecular complexity index is 3020. The minimum absolute atomic E-state index is 0.0554. The largest absolute Gasteiger partial charge is 0.493 e. The van der Waals surface area contributed by atoms with E-state index in [4.69, 9.17) is 14.2 Å². The molecule has 2 N–H and O–H groups in total. The predicted molar refractivity (Wildman–Crippen MR) is 281 cm³/mol. The van der Waals surface area contributed by atoms with E-state index in [1.807, 2.05) is 90.7 Å². The standard InChI is InChI=1S/C55H59N3O11S3/c1-5-47(59)52(72(64,65)67-4)18-20-71-70-19-10-15-53(61)56-40-23-34(31-68-49-29-39-27-48(60)46-26-38-12-7-9-14-45(38)58(46)55(63)42(39)21-33(49)2)22-35(24-40)32-69-51-28-36-16-17-41-25-37-11-6-8-13-44(37)57(41)54(62)43(36)30-50(51)66-3/h6-9,11-14,21-24,28-30,41,46,48,52,60H,5,10,15-20,25-27,31-32H2,1-4H3,(H,56,61)/t41-,46+,48?,52?/m1/s1. The molecule has 378 valence electrons. The van der Waals surface area contributed by atoms with Crippen molar-refractivity contribution in [3.63, 3.8) is 0 Å². The number of para-hydroxylation sites is 2. The second kappa shape index (κ2) is 22.1. The fourth-order valence-corrected chi connectivity index (χ4v) is 13.8. The molecule has 0 bridgehead atoms. The molecule has 4 heterocycles. The fourth-order valence-electron chi connectivity index (χ4n) is 10.3. The number of nitrogens with zero attached hydrogens (tertiary/aromatic N) is 2. The number of Topliss-reactive ketones (excluding diaryl/α,β-unsaturated/α-hetero) is 1. The molecule has 0 radical (unpaired) electrons. The summed E-state index contributed by atoms with van der Waals surface area (Å²) < 4.78 is 48.0. The van der Waals surface area contributed by atoms with Gasteiger partial charge in [0.15, 0.2) is 17.3 Å². The average molecular weight is 1030 g/mol.